The van der Waals surface area contributed by atoms with Crippen molar-refractivity contribution in [3.63, 3.8) is 0 Å². The van der Waals surface area contributed by atoms with Gasteiger partial charge in [-0.05, 0) is 26.3 Å². The van der Waals surface area contributed by atoms with Gasteiger partial charge in [-0.25, -0.2) is 4.79 Å². The Morgan fingerprint density at radius 3 is 2.38 bits per heavy atom. The maximum absolute atomic E-state index is 11.4. The van der Waals surface area contributed by atoms with Crippen molar-refractivity contribution in [2.45, 2.75) is 32.9 Å². The van der Waals surface area contributed by atoms with Crippen molar-refractivity contribution < 1.29 is 9.53 Å². The number of hydrogen-bond acceptors (Lipinski definition) is 3. The molecule has 0 N–H and O–H groups in total. The summed E-state index contributed by atoms with van der Waals surface area (Å²) < 4.78 is 4.95. The minimum absolute atomic E-state index is 0.00968. The van der Waals surface area contributed by atoms with Crippen LogP contribution in [0, 0.1) is 5.21 Å². The molecular formula is C12H16NO3-. The zero-order chi connectivity index (χ0) is 12.2. The molecule has 1 rings (SSSR count). The van der Waals surface area contributed by atoms with Gasteiger partial charge in [0.25, 0.3) is 0 Å². The molecule has 0 aliphatic heterocycles. The van der Waals surface area contributed by atoms with E-state index in [0.717, 1.165) is 5.56 Å². The van der Waals surface area contributed by atoms with Crippen LogP contribution in [-0.4, -0.2) is 16.8 Å². The van der Waals surface area contributed by atoms with Gasteiger partial charge in [0.1, 0.15) is 5.60 Å². The summed E-state index contributed by atoms with van der Waals surface area (Å²) in [6, 6.07) is 9.06. The quantitative estimate of drug-likeness (QED) is 0.723. The number of rotatable bonds is 2. The number of nitrogens with zero attached hydrogens (tertiary/aromatic N) is 1. The fourth-order valence-corrected chi connectivity index (χ4v) is 1.13. The van der Waals surface area contributed by atoms with Gasteiger partial charge in [-0.3, -0.25) is 0 Å². The largest absolute Gasteiger partial charge is 0.753 e. The molecule has 0 aliphatic rings. The first kappa shape index (κ1) is 12.5. The molecule has 88 valence electrons. The van der Waals surface area contributed by atoms with E-state index in [0.29, 0.717) is 5.06 Å². The van der Waals surface area contributed by atoms with Gasteiger partial charge < -0.3 is 15.0 Å². The zero-order valence-electron chi connectivity index (χ0n) is 9.77. The molecule has 0 fully saturated rings. The van der Waals surface area contributed by atoms with Crippen molar-refractivity contribution in [2.75, 3.05) is 0 Å². The molecule has 0 aliphatic carbocycles. The summed E-state index contributed by atoms with van der Waals surface area (Å²) in [7, 11) is 0. The van der Waals surface area contributed by atoms with Crippen molar-refractivity contribution in [1.82, 2.24) is 5.06 Å². The van der Waals surface area contributed by atoms with E-state index in [4.69, 9.17) is 4.74 Å². The highest BCUT2D eigenvalue weighted by Gasteiger charge is 2.17. The highest BCUT2D eigenvalue weighted by molar-refractivity contribution is 5.68. The third kappa shape index (κ3) is 4.31. The Hall–Kier alpha value is -1.55. The number of ether oxygens (including phenoxy) is 1. The van der Waals surface area contributed by atoms with Crippen molar-refractivity contribution in [2.24, 2.45) is 0 Å². The summed E-state index contributed by atoms with van der Waals surface area (Å²) in [6.07, 6.45) is -0.851. The van der Waals surface area contributed by atoms with E-state index in [1.165, 1.54) is 0 Å². The van der Waals surface area contributed by atoms with Crippen LogP contribution >= 0.6 is 0 Å². The topological polar surface area (TPSA) is 52.6 Å². The standard InChI is InChI=1S/C12H16NO3/c1-12(2,3)16-11(14)13(15)9-10-7-5-4-6-8-10/h4-8H,9H2,1-3H3/q-1. The predicted octanol–water partition coefficient (Wildman–Crippen LogP) is 2.92. The summed E-state index contributed by atoms with van der Waals surface area (Å²) in [6.45, 7) is 5.18. The van der Waals surface area contributed by atoms with Gasteiger partial charge in [0.15, 0.2) is 0 Å². The summed E-state index contributed by atoms with van der Waals surface area (Å²) in [5, 5.41) is 11.8. The van der Waals surface area contributed by atoms with E-state index in [-0.39, 0.29) is 6.54 Å². The Labute approximate surface area is 95.4 Å². The fourth-order valence-electron chi connectivity index (χ4n) is 1.13. The van der Waals surface area contributed by atoms with E-state index < -0.39 is 11.7 Å². The van der Waals surface area contributed by atoms with E-state index in [2.05, 4.69) is 0 Å². The van der Waals surface area contributed by atoms with Crippen molar-refractivity contribution in [3.8, 4) is 0 Å². The lowest BCUT2D eigenvalue weighted by Crippen LogP contribution is -2.32. The first-order chi connectivity index (χ1) is 7.38. The molecule has 1 amide bonds. The maximum atomic E-state index is 11.4. The van der Waals surface area contributed by atoms with Crippen LogP contribution in [0.15, 0.2) is 30.3 Å². The lowest BCUT2D eigenvalue weighted by molar-refractivity contribution is 0.0323. The van der Waals surface area contributed by atoms with Crippen LogP contribution in [0.3, 0.4) is 0 Å². The van der Waals surface area contributed by atoms with Crippen LogP contribution in [0.5, 0.6) is 0 Å². The lowest BCUT2D eigenvalue weighted by Gasteiger charge is -2.31. The van der Waals surface area contributed by atoms with Crippen molar-refractivity contribution in [1.29, 1.82) is 0 Å². The van der Waals surface area contributed by atoms with Crippen molar-refractivity contribution >= 4 is 6.09 Å². The molecule has 0 aromatic heterocycles. The van der Waals surface area contributed by atoms with Crippen LogP contribution in [0.25, 0.3) is 0 Å². The van der Waals surface area contributed by atoms with Gasteiger partial charge in [0, 0.05) is 6.54 Å². The molecule has 16 heavy (non-hydrogen) atoms. The smallest absolute Gasteiger partial charge is 0.399 e. The van der Waals surface area contributed by atoms with Crippen LogP contribution < -0.4 is 0 Å². The molecule has 0 radical (unpaired) electrons. The molecular weight excluding hydrogens is 206 g/mol. The Morgan fingerprint density at radius 1 is 1.31 bits per heavy atom. The second kappa shape index (κ2) is 4.99. The van der Waals surface area contributed by atoms with Crippen LogP contribution in [0.1, 0.15) is 26.3 Å². The van der Waals surface area contributed by atoms with Gasteiger partial charge in [-0.1, -0.05) is 30.3 Å². The average molecular weight is 222 g/mol. The second-order valence-corrected chi connectivity index (χ2v) is 4.50. The monoisotopic (exact) mass is 222 g/mol. The molecule has 4 heteroatoms. The average Bonchev–Trinajstić information content (AvgIpc) is 2.16. The molecule has 4 nitrogen and oxygen atoms in total. The molecule has 0 bridgehead atoms. The number of hydroxylamine groups is 2. The maximum Gasteiger partial charge on any atom is 0.399 e. The minimum Gasteiger partial charge on any atom is -0.753 e. The van der Waals surface area contributed by atoms with Gasteiger partial charge in [0.05, 0.1) is 0 Å². The third-order valence-corrected chi connectivity index (χ3v) is 1.77. The van der Waals surface area contributed by atoms with Crippen LogP contribution in [0.2, 0.25) is 0 Å². The lowest BCUT2D eigenvalue weighted by atomic mass is 10.2. The second-order valence-electron chi connectivity index (χ2n) is 4.50. The molecule has 0 heterocycles. The highest BCUT2D eigenvalue weighted by Crippen LogP contribution is 2.11. The molecule has 1 aromatic carbocycles. The summed E-state index contributed by atoms with van der Waals surface area (Å²) in [4.78, 5) is 11.4. The molecule has 0 saturated carbocycles. The summed E-state index contributed by atoms with van der Waals surface area (Å²) in [5.74, 6) is 0. The van der Waals surface area contributed by atoms with Crippen LogP contribution in [0.4, 0.5) is 4.79 Å². The number of benzene rings is 1. The molecule has 1 aromatic rings. The Morgan fingerprint density at radius 2 is 1.88 bits per heavy atom. The third-order valence-electron chi connectivity index (χ3n) is 1.77. The van der Waals surface area contributed by atoms with E-state index in [9.17, 15) is 10.0 Å². The molecule has 0 atom stereocenters. The number of amides is 1. The van der Waals surface area contributed by atoms with E-state index in [1.54, 1.807) is 32.9 Å². The minimum atomic E-state index is -0.851. The van der Waals surface area contributed by atoms with Gasteiger partial charge in [0.2, 0.25) is 0 Å². The van der Waals surface area contributed by atoms with Crippen molar-refractivity contribution in [3.05, 3.63) is 41.1 Å². The normalized spacial score (nSPS) is 11.0. The van der Waals surface area contributed by atoms with Gasteiger partial charge in [-0.15, -0.1) is 0 Å². The highest BCUT2D eigenvalue weighted by atomic mass is 16.6. The SMILES string of the molecule is CC(C)(C)OC(=O)N([O-])Cc1ccccc1. The Bertz CT molecular complexity index is 343. The first-order valence-electron chi connectivity index (χ1n) is 5.10. The molecule has 0 spiro atoms. The Kier molecular flexibility index (Phi) is 3.90. The number of hydrogen-bond donors (Lipinski definition) is 0. The van der Waals surface area contributed by atoms with E-state index in [1.807, 2.05) is 18.2 Å². The fraction of sp³-hybridized carbons (Fsp3) is 0.417. The molecule has 0 unspecified atom stereocenters. The first-order valence-corrected chi connectivity index (χ1v) is 5.10. The summed E-state index contributed by atoms with van der Waals surface area (Å²) >= 11 is 0. The van der Waals surface area contributed by atoms with Gasteiger partial charge >= 0.3 is 6.09 Å². The van der Waals surface area contributed by atoms with Gasteiger partial charge in [-0.2, -0.15) is 0 Å². The zero-order valence-corrected chi connectivity index (χ0v) is 9.77. The van der Waals surface area contributed by atoms with E-state index >= 15 is 0 Å². The Balaban J connectivity index is 2.53. The van der Waals surface area contributed by atoms with Crippen LogP contribution in [-0.2, 0) is 11.3 Å². The number of carbonyl (C=O) groups excluding carboxylic acids is 1. The molecule has 0 saturated heterocycles. The number of carbonyl (C=O) groups is 1. The summed E-state index contributed by atoms with van der Waals surface area (Å²) in [5.41, 5.74) is 0.138. The predicted molar refractivity (Wildman–Crippen MR) is 61.6 cm³/mol.